The molecule has 0 spiro atoms. The van der Waals surface area contributed by atoms with E-state index in [1.807, 2.05) is 0 Å². The number of aliphatic hydroxyl groups is 9. The van der Waals surface area contributed by atoms with Gasteiger partial charge in [0.05, 0.1) is 12.7 Å². The molecule has 1 aromatic heterocycles. The summed E-state index contributed by atoms with van der Waals surface area (Å²) in [7, 11) is 0. The number of carbonyl (C=O) groups excluding carboxylic acids is 1. The van der Waals surface area contributed by atoms with E-state index in [2.05, 4.69) is 0 Å². The molecule has 0 amide bonds. The third-order valence-corrected chi connectivity index (χ3v) is 10.8. The van der Waals surface area contributed by atoms with Gasteiger partial charge in [0.25, 0.3) is 0 Å². The highest BCUT2D eigenvalue weighted by Gasteiger charge is 2.52. The summed E-state index contributed by atoms with van der Waals surface area (Å²) in [6.45, 7) is -0.198. The fraction of sp³-hybridized carbons (Fsp3) is 0.429. The molecule has 0 unspecified atom stereocenters. The molecule has 0 radical (unpaired) electrons. The minimum atomic E-state index is -2.07. The molecule has 4 heterocycles. The molecule has 4 aromatic rings. The monoisotopic (exact) mass is 902 g/mol. The molecule has 0 aliphatic carbocycles. The summed E-state index contributed by atoms with van der Waals surface area (Å²) in [6, 6.07) is 13.0. The van der Waals surface area contributed by atoms with Crippen molar-refractivity contribution in [3.05, 3.63) is 82.5 Å². The maximum Gasteiger partial charge on any atom is 0.330 e. The number of aliphatic hydroxyl groups excluding tert-OH is 9. The van der Waals surface area contributed by atoms with Crippen LogP contribution in [0.5, 0.6) is 28.7 Å². The van der Waals surface area contributed by atoms with E-state index < -0.39 is 139 Å². The Kier molecular flexibility index (Phi) is 14.1. The first-order chi connectivity index (χ1) is 30.4. The zero-order valence-corrected chi connectivity index (χ0v) is 33.5. The second-order valence-corrected chi connectivity index (χ2v) is 15.2. The summed E-state index contributed by atoms with van der Waals surface area (Å²) in [6.07, 6.45) is -24.0. The van der Waals surface area contributed by atoms with Gasteiger partial charge in [-0.3, -0.25) is 4.79 Å². The molecule has 12 N–H and O–H groups in total. The van der Waals surface area contributed by atoms with E-state index in [0.29, 0.717) is 5.56 Å². The molecule has 3 saturated heterocycles. The lowest BCUT2D eigenvalue weighted by Gasteiger charge is -2.45. The number of esters is 1. The number of phenols is 3. The van der Waals surface area contributed by atoms with Crippen molar-refractivity contribution in [2.45, 2.75) is 99.0 Å². The first kappa shape index (κ1) is 46.5. The van der Waals surface area contributed by atoms with Gasteiger partial charge in [-0.2, -0.15) is 0 Å². The highest BCUT2D eigenvalue weighted by Crippen LogP contribution is 2.39. The van der Waals surface area contributed by atoms with Crippen LogP contribution < -0.4 is 14.9 Å². The minimum absolute atomic E-state index is 0.00357. The van der Waals surface area contributed by atoms with E-state index in [4.69, 9.17) is 37.6 Å². The zero-order valence-electron chi connectivity index (χ0n) is 33.5. The number of hydrogen-bond donors (Lipinski definition) is 12. The van der Waals surface area contributed by atoms with Gasteiger partial charge >= 0.3 is 5.97 Å². The Morgan fingerprint density at radius 3 is 1.97 bits per heavy atom. The van der Waals surface area contributed by atoms with Crippen LogP contribution in [0.15, 0.2) is 76.0 Å². The quantitative estimate of drug-likeness (QED) is 0.0543. The number of phenolic OH excluding ortho intramolecular Hbond substituents is 3. The van der Waals surface area contributed by atoms with Crippen LogP contribution in [0.25, 0.3) is 28.4 Å². The second kappa shape index (κ2) is 19.3. The van der Waals surface area contributed by atoms with Gasteiger partial charge < -0.3 is 98.9 Å². The number of ether oxygens (including phenoxy) is 7. The van der Waals surface area contributed by atoms with Crippen LogP contribution in [-0.2, 0) is 28.5 Å². The predicted octanol–water partition coefficient (Wildman–Crippen LogP) is -1.95. The molecule has 0 bridgehead atoms. The smallest absolute Gasteiger partial charge is 0.330 e. The molecule has 7 rings (SSSR count). The van der Waals surface area contributed by atoms with Crippen LogP contribution in [0.1, 0.15) is 12.5 Å². The Hall–Kier alpha value is -5.44. The molecule has 0 saturated carbocycles. The van der Waals surface area contributed by atoms with Gasteiger partial charge in [0.15, 0.2) is 18.2 Å². The number of rotatable bonds is 12. The fourth-order valence-electron chi connectivity index (χ4n) is 7.18. The molecular weight excluding hydrogens is 856 g/mol. The fourth-order valence-corrected chi connectivity index (χ4v) is 7.18. The third-order valence-electron chi connectivity index (χ3n) is 10.8. The van der Waals surface area contributed by atoms with Crippen LogP contribution in [0, 0.1) is 0 Å². The average Bonchev–Trinajstić information content (AvgIpc) is 3.27. The molecule has 3 aliphatic heterocycles. The molecule has 22 heteroatoms. The Balaban J connectivity index is 1.18. The van der Waals surface area contributed by atoms with Crippen molar-refractivity contribution in [2.75, 3.05) is 13.2 Å². The lowest BCUT2D eigenvalue weighted by Crippen LogP contribution is -2.65. The lowest BCUT2D eigenvalue weighted by atomic mass is 9.97. The summed E-state index contributed by atoms with van der Waals surface area (Å²) in [5, 5.41) is 126. The number of aromatic hydroxyl groups is 3. The summed E-state index contributed by atoms with van der Waals surface area (Å²) in [5.74, 6) is -3.23. The van der Waals surface area contributed by atoms with E-state index in [1.54, 1.807) is 0 Å². The van der Waals surface area contributed by atoms with Crippen molar-refractivity contribution in [3.63, 3.8) is 0 Å². The standard InChI is InChI=1S/C42H46O22/c1-16-28(48)32(52)35(55)40(58-16)59-21-12-22(46)27-23(13-21)60-37(18-5-9-20(45)10-6-18)38(31(27)51)63-42-39(34(54)29(49)24(14-43)61-42)64-41-36(56)33(53)30(50)25(62-41)15-57-26(47)11-4-17-2-7-19(44)8-3-17/h2-13,16,24-25,28-30,32-36,39-46,48-50,52-56H,14-15H2,1H3/b11-4+/t16-,24+,25+,28-,29+,30+,32+,33-,34-,35+,36+,39+,40-,41-,42-/m0/s1. The van der Waals surface area contributed by atoms with Gasteiger partial charge in [0.2, 0.25) is 23.8 Å². The molecule has 3 aliphatic rings. The SMILES string of the molecule is C[C@@H]1O[C@@H](Oc2cc(O)c3c(=O)c(O[C@@H]4O[C@H](CO)[C@@H](O)[C@H](O)[C@H]4O[C@@H]4O[C@H](COC(=O)/C=C/c5ccc(O)cc5)[C@@H](O)[C@H](O)[C@H]4O)c(-c4ccc(O)cc4)oc3c2)[C@H](O)[C@H](O)[C@H]1O. The van der Waals surface area contributed by atoms with Crippen LogP contribution in [-0.4, -0.2) is 173 Å². The molecule has 22 nitrogen and oxygen atoms in total. The van der Waals surface area contributed by atoms with E-state index in [9.17, 15) is 70.9 Å². The Morgan fingerprint density at radius 1 is 0.688 bits per heavy atom. The molecule has 64 heavy (non-hydrogen) atoms. The van der Waals surface area contributed by atoms with Gasteiger partial charge in [0, 0.05) is 23.8 Å². The van der Waals surface area contributed by atoms with Gasteiger partial charge in [-0.05, 0) is 55.0 Å². The Labute approximate surface area is 361 Å². The normalized spacial score (nSPS) is 33.2. The number of carbonyl (C=O) groups is 1. The summed E-state index contributed by atoms with van der Waals surface area (Å²) in [4.78, 5) is 26.9. The Bertz CT molecular complexity index is 2340. The molecule has 346 valence electrons. The first-order valence-electron chi connectivity index (χ1n) is 19.7. The predicted molar refractivity (Wildman–Crippen MR) is 212 cm³/mol. The van der Waals surface area contributed by atoms with Gasteiger partial charge in [0.1, 0.15) is 102 Å². The van der Waals surface area contributed by atoms with E-state index in [-0.39, 0.29) is 28.4 Å². The van der Waals surface area contributed by atoms with Crippen LogP contribution in [0.2, 0.25) is 0 Å². The van der Waals surface area contributed by atoms with Crippen molar-refractivity contribution in [3.8, 4) is 40.1 Å². The van der Waals surface area contributed by atoms with Crippen molar-refractivity contribution in [2.24, 2.45) is 0 Å². The maximum absolute atomic E-state index is 14.4. The molecule has 15 atom stereocenters. The van der Waals surface area contributed by atoms with E-state index in [0.717, 1.165) is 18.2 Å². The summed E-state index contributed by atoms with van der Waals surface area (Å²) in [5.41, 5.74) is -0.832. The third kappa shape index (κ3) is 9.64. The van der Waals surface area contributed by atoms with Crippen molar-refractivity contribution in [1.29, 1.82) is 0 Å². The topological polar surface area (TPSA) is 355 Å². The van der Waals surface area contributed by atoms with Crippen molar-refractivity contribution in [1.82, 2.24) is 0 Å². The van der Waals surface area contributed by atoms with Gasteiger partial charge in [-0.1, -0.05) is 12.1 Å². The number of fused-ring (bicyclic) bond motifs is 1. The molecule has 3 fully saturated rings. The van der Waals surface area contributed by atoms with Crippen LogP contribution >= 0.6 is 0 Å². The van der Waals surface area contributed by atoms with E-state index >= 15 is 0 Å². The van der Waals surface area contributed by atoms with Gasteiger partial charge in [-0.15, -0.1) is 0 Å². The number of hydrogen-bond acceptors (Lipinski definition) is 22. The lowest BCUT2D eigenvalue weighted by molar-refractivity contribution is -0.358. The minimum Gasteiger partial charge on any atom is -0.508 e. The highest BCUT2D eigenvalue weighted by atomic mass is 16.8. The average molecular weight is 903 g/mol. The molecule has 3 aromatic carbocycles. The zero-order chi connectivity index (χ0) is 46.1. The van der Waals surface area contributed by atoms with Gasteiger partial charge in [-0.25, -0.2) is 4.79 Å². The Morgan fingerprint density at radius 2 is 1.30 bits per heavy atom. The largest absolute Gasteiger partial charge is 0.508 e. The van der Waals surface area contributed by atoms with E-state index in [1.165, 1.54) is 61.5 Å². The summed E-state index contributed by atoms with van der Waals surface area (Å²) < 4.78 is 45.7. The highest BCUT2D eigenvalue weighted by molar-refractivity contribution is 5.88. The molecular formula is C42H46O22. The van der Waals surface area contributed by atoms with Crippen LogP contribution in [0.3, 0.4) is 0 Å². The van der Waals surface area contributed by atoms with Crippen LogP contribution in [0.4, 0.5) is 0 Å². The summed E-state index contributed by atoms with van der Waals surface area (Å²) >= 11 is 0. The second-order valence-electron chi connectivity index (χ2n) is 15.2. The first-order valence-corrected chi connectivity index (χ1v) is 19.7. The van der Waals surface area contributed by atoms with Crippen molar-refractivity contribution >= 4 is 23.0 Å². The number of benzene rings is 3. The van der Waals surface area contributed by atoms with Crippen molar-refractivity contribution < 1.29 is 104 Å². The maximum atomic E-state index is 14.4.